The molecule has 2 heterocycles. The van der Waals surface area contributed by atoms with Gasteiger partial charge in [-0.05, 0) is 25.1 Å². The third kappa shape index (κ3) is 2.85. The van der Waals surface area contributed by atoms with Crippen molar-refractivity contribution in [1.29, 1.82) is 0 Å². The van der Waals surface area contributed by atoms with Crippen LogP contribution in [-0.4, -0.2) is 44.1 Å². The minimum Gasteiger partial charge on any atom is -0.356 e. The molecule has 0 bridgehead atoms. The first-order valence-corrected chi connectivity index (χ1v) is 8.34. The van der Waals surface area contributed by atoms with E-state index >= 15 is 0 Å². The summed E-state index contributed by atoms with van der Waals surface area (Å²) in [6.45, 7) is 2.52. The highest BCUT2D eigenvalue weighted by Crippen LogP contribution is 2.29. The van der Waals surface area contributed by atoms with Gasteiger partial charge in [0, 0.05) is 31.3 Å². The minimum atomic E-state index is -3.54. The van der Waals surface area contributed by atoms with Gasteiger partial charge in [0.15, 0.2) is 5.76 Å². The van der Waals surface area contributed by atoms with Crippen LogP contribution in [0.5, 0.6) is 0 Å². The summed E-state index contributed by atoms with van der Waals surface area (Å²) in [6.07, 6.45) is 2.32. The SMILES string of the molecule is O=S(=O)(c1ccccc1-c1ccno1)N1CCCNCC1. The summed E-state index contributed by atoms with van der Waals surface area (Å²) in [7, 11) is -3.54. The van der Waals surface area contributed by atoms with E-state index in [0.717, 1.165) is 13.0 Å². The molecular weight excluding hydrogens is 290 g/mol. The number of nitrogens with one attached hydrogen (secondary N) is 1. The number of benzene rings is 1. The standard InChI is InChI=1S/C14H17N3O3S/c18-21(19,17-10-3-7-15-9-11-17)14-5-2-1-4-12(14)13-6-8-16-20-13/h1-2,4-6,8,15H,3,7,9-11H2. The summed E-state index contributed by atoms with van der Waals surface area (Å²) in [6, 6.07) is 8.54. The predicted octanol–water partition coefficient (Wildman–Crippen LogP) is 1.33. The monoisotopic (exact) mass is 307 g/mol. The number of aromatic nitrogens is 1. The Labute approximate surface area is 123 Å². The lowest BCUT2D eigenvalue weighted by Gasteiger charge is -2.20. The average molecular weight is 307 g/mol. The van der Waals surface area contributed by atoms with Crippen molar-refractivity contribution in [2.24, 2.45) is 0 Å². The first-order chi connectivity index (χ1) is 10.2. The molecule has 1 saturated heterocycles. The zero-order valence-corrected chi connectivity index (χ0v) is 12.3. The zero-order chi connectivity index (χ0) is 14.7. The molecular formula is C14H17N3O3S. The Morgan fingerprint density at radius 2 is 2.00 bits per heavy atom. The largest absolute Gasteiger partial charge is 0.356 e. The van der Waals surface area contributed by atoms with Crippen molar-refractivity contribution < 1.29 is 12.9 Å². The van der Waals surface area contributed by atoms with E-state index < -0.39 is 10.0 Å². The lowest BCUT2D eigenvalue weighted by Crippen LogP contribution is -2.34. The molecule has 1 aliphatic rings. The highest BCUT2D eigenvalue weighted by Gasteiger charge is 2.28. The van der Waals surface area contributed by atoms with Crippen LogP contribution >= 0.6 is 0 Å². The molecule has 0 aliphatic carbocycles. The van der Waals surface area contributed by atoms with Crippen LogP contribution < -0.4 is 5.32 Å². The fourth-order valence-electron chi connectivity index (χ4n) is 2.45. The molecule has 0 spiro atoms. The minimum absolute atomic E-state index is 0.267. The fourth-order valence-corrected chi connectivity index (χ4v) is 4.13. The third-order valence-electron chi connectivity index (χ3n) is 3.51. The topological polar surface area (TPSA) is 75.4 Å². The molecule has 112 valence electrons. The second-order valence-corrected chi connectivity index (χ2v) is 6.79. The molecule has 1 fully saturated rings. The molecule has 0 radical (unpaired) electrons. The first-order valence-electron chi connectivity index (χ1n) is 6.90. The number of hydrogen-bond acceptors (Lipinski definition) is 5. The van der Waals surface area contributed by atoms with Crippen LogP contribution in [0.1, 0.15) is 6.42 Å². The molecule has 0 saturated carbocycles. The highest BCUT2D eigenvalue weighted by molar-refractivity contribution is 7.89. The maximum atomic E-state index is 12.9. The summed E-state index contributed by atoms with van der Waals surface area (Å²) in [5.74, 6) is 0.460. The van der Waals surface area contributed by atoms with E-state index in [-0.39, 0.29) is 4.90 Å². The van der Waals surface area contributed by atoms with E-state index in [1.165, 1.54) is 10.5 Å². The van der Waals surface area contributed by atoms with E-state index in [1.807, 2.05) is 0 Å². The summed E-state index contributed by atoms with van der Waals surface area (Å²) in [4.78, 5) is 0.267. The van der Waals surface area contributed by atoms with Crippen molar-refractivity contribution in [3.63, 3.8) is 0 Å². The van der Waals surface area contributed by atoms with Crippen LogP contribution in [0, 0.1) is 0 Å². The van der Waals surface area contributed by atoms with E-state index in [0.29, 0.717) is 31.0 Å². The van der Waals surface area contributed by atoms with Crippen LogP contribution in [0.3, 0.4) is 0 Å². The van der Waals surface area contributed by atoms with Gasteiger partial charge in [0.1, 0.15) is 0 Å². The smallest absolute Gasteiger partial charge is 0.243 e. The highest BCUT2D eigenvalue weighted by atomic mass is 32.2. The van der Waals surface area contributed by atoms with Gasteiger partial charge < -0.3 is 9.84 Å². The van der Waals surface area contributed by atoms with Crippen molar-refractivity contribution in [1.82, 2.24) is 14.8 Å². The second-order valence-electron chi connectivity index (χ2n) is 4.88. The van der Waals surface area contributed by atoms with Crippen LogP contribution in [0.25, 0.3) is 11.3 Å². The quantitative estimate of drug-likeness (QED) is 0.926. The Hall–Kier alpha value is -1.70. The zero-order valence-electron chi connectivity index (χ0n) is 11.5. The van der Waals surface area contributed by atoms with Gasteiger partial charge in [-0.2, -0.15) is 4.31 Å². The summed E-state index contributed by atoms with van der Waals surface area (Å²) < 4.78 is 32.4. The number of nitrogens with zero attached hydrogens (tertiary/aromatic N) is 2. The van der Waals surface area contributed by atoms with Crippen molar-refractivity contribution in [3.8, 4) is 11.3 Å². The van der Waals surface area contributed by atoms with Gasteiger partial charge >= 0.3 is 0 Å². The molecule has 1 aromatic heterocycles. The van der Waals surface area contributed by atoms with E-state index in [9.17, 15) is 8.42 Å². The van der Waals surface area contributed by atoms with Crippen LogP contribution in [0.15, 0.2) is 45.9 Å². The second kappa shape index (κ2) is 5.97. The molecule has 0 amide bonds. The maximum absolute atomic E-state index is 12.9. The molecule has 1 aliphatic heterocycles. The molecule has 6 nitrogen and oxygen atoms in total. The lowest BCUT2D eigenvalue weighted by molar-refractivity contribution is 0.426. The van der Waals surface area contributed by atoms with Gasteiger partial charge in [0.05, 0.1) is 11.1 Å². The van der Waals surface area contributed by atoms with Gasteiger partial charge in [-0.25, -0.2) is 8.42 Å². The average Bonchev–Trinajstić information content (AvgIpc) is 2.88. The molecule has 21 heavy (non-hydrogen) atoms. The molecule has 1 N–H and O–H groups in total. The molecule has 7 heteroatoms. The predicted molar refractivity (Wildman–Crippen MR) is 78.2 cm³/mol. The summed E-state index contributed by atoms with van der Waals surface area (Å²) in [5.41, 5.74) is 0.548. The molecule has 0 unspecified atom stereocenters. The van der Waals surface area contributed by atoms with Gasteiger partial charge in [0.2, 0.25) is 10.0 Å². The van der Waals surface area contributed by atoms with Crippen molar-refractivity contribution in [2.75, 3.05) is 26.2 Å². The molecule has 1 aromatic carbocycles. The van der Waals surface area contributed by atoms with E-state index in [4.69, 9.17) is 4.52 Å². The third-order valence-corrected chi connectivity index (χ3v) is 5.46. The van der Waals surface area contributed by atoms with E-state index in [1.54, 1.807) is 30.3 Å². The number of sulfonamides is 1. The Bertz CT molecular complexity index is 690. The normalized spacial score (nSPS) is 17.5. The van der Waals surface area contributed by atoms with Gasteiger partial charge in [0.25, 0.3) is 0 Å². The molecule has 0 atom stereocenters. The Morgan fingerprint density at radius 1 is 1.14 bits per heavy atom. The number of rotatable bonds is 3. The number of hydrogen-bond donors (Lipinski definition) is 1. The van der Waals surface area contributed by atoms with Crippen LogP contribution in [-0.2, 0) is 10.0 Å². The van der Waals surface area contributed by atoms with Gasteiger partial charge in [-0.3, -0.25) is 0 Å². The molecule has 2 aromatic rings. The van der Waals surface area contributed by atoms with Gasteiger partial charge in [-0.1, -0.05) is 17.3 Å². The van der Waals surface area contributed by atoms with Crippen LogP contribution in [0.4, 0.5) is 0 Å². The Kier molecular flexibility index (Phi) is 4.05. The Balaban J connectivity index is 2.03. The first kappa shape index (κ1) is 14.2. The summed E-state index contributed by atoms with van der Waals surface area (Å²) in [5, 5.41) is 6.86. The fraction of sp³-hybridized carbons (Fsp3) is 0.357. The van der Waals surface area contributed by atoms with Crippen molar-refractivity contribution >= 4 is 10.0 Å². The lowest BCUT2D eigenvalue weighted by atomic mass is 10.2. The maximum Gasteiger partial charge on any atom is 0.243 e. The van der Waals surface area contributed by atoms with Gasteiger partial charge in [-0.15, -0.1) is 0 Å². The van der Waals surface area contributed by atoms with E-state index in [2.05, 4.69) is 10.5 Å². The Morgan fingerprint density at radius 3 is 2.81 bits per heavy atom. The molecule has 3 rings (SSSR count). The van der Waals surface area contributed by atoms with Crippen molar-refractivity contribution in [3.05, 3.63) is 36.5 Å². The summed E-state index contributed by atoms with van der Waals surface area (Å²) >= 11 is 0. The van der Waals surface area contributed by atoms with Crippen LogP contribution in [0.2, 0.25) is 0 Å². The van der Waals surface area contributed by atoms with Crippen molar-refractivity contribution in [2.45, 2.75) is 11.3 Å².